The summed E-state index contributed by atoms with van der Waals surface area (Å²) in [6.45, 7) is 7.31. The Kier molecular flexibility index (Phi) is 9.87. The molecule has 1 aliphatic heterocycles. The van der Waals surface area contributed by atoms with Crippen LogP contribution in [0.4, 0.5) is 4.79 Å². The smallest absolute Gasteiger partial charge is 0.407 e. The molecule has 0 saturated carbocycles. The van der Waals surface area contributed by atoms with Crippen molar-refractivity contribution in [2.45, 2.75) is 70.1 Å². The van der Waals surface area contributed by atoms with E-state index in [0.29, 0.717) is 37.7 Å². The average Bonchev–Trinajstić information content (AvgIpc) is 3.15. The number of hydrogen-bond acceptors (Lipinski definition) is 5. The number of nitrogens with zero attached hydrogens (tertiary/aromatic N) is 3. The second kappa shape index (κ2) is 11.9. The van der Waals surface area contributed by atoms with E-state index in [1.165, 1.54) is 4.90 Å². The predicted molar refractivity (Wildman–Crippen MR) is 121 cm³/mol. The molecule has 1 aromatic rings. The number of unbranched alkanes of at least 4 members (excludes halogenated alkanes) is 1. The number of halogens is 1. The summed E-state index contributed by atoms with van der Waals surface area (Å²) in [7, 11) is 0. The lowest BCUT2D eigenvalue weighted by atomic mass is 10.0. The highest BCUT2D eigenvalue weighted by molar-refractivity contribution is 7.91. The lowest BCUT2D eigenvalue weighted by molar-refractivity contribution is 0.0565. The predicted octanol–water partition coefficient (Wildman–Crippen LogP) is 4.51. The lowest BCUT2D eigenvalue weighted by Gasteiger charge is -2.19. The first-order valence-electron chi connectivity index (χ1n) is 10.3. The fourth-order valence-electron chi connectivity index (χ4n) is 3.07. The zero-order chi connectivity index (χ0) is 22.1. The van der Waals surface area contributed by atoms with Gasteiger partial charge in [-0.25, -0.2) is 9.78 Å². The minimum Gasteiger partial charge on any atom is -0.591 e. The van der Waals surface area contributed by atoms with Crippen molar-refractivity contribution in [3.8, 4) is 0 Å². The van der Waals surface area contributed by atoms with Gasteiger partial charge in [0.2, 0.25) is 0 Å². The van der Waals surface area contributed by atoms with Crippen LogP contribution in [0.15, 0.2) is 22.7 Å². The van der Waals surface area contributed by atoms with E-state index in [1.807, 2.05) is 32.9 Å². The third-order valence-electron chi connectivity index (χ3n) is 4.88. The Labute approximate surface area is 187 Å². The van der Waals surface area contributed by atoms with Gasteiger partial charge in [-0.3, -0.25) is 0 Å². The molecule has 0 spiro atoms. The zero-order valence-electron chi connectivity index (χ0n) is 18.0. The monoisotopic (exact) mass is 457 g/mol. The van der Waals surface area contributed by atoms with Gasteiger partial charge in [0.05, 0.1) is 18.4 Å². The van der Waals surface area contributed by atoms with E-state index >= 15 is 0 Å². The minimum atomic E-state index is -1.30. The van der Waals surface area contributed by atoms with E-state index in [9.17, 15) is 9.35 Å². The molecule has 1 N–H and O–H groups in total. The molecule has 2 atom stereocenters. The van der Waals surface area contributed by atoms with Gasteiger partial charge in [-0.1, -0.05) is 22.1 Å². The number of aromatic nitrogens is 1. The standard InChI is InChI=1S/C21H32ClN3O4S/c1-21(2,3)30(28)24-17(10-9-16-7-6-12-23-19(16)22)8-4-5-14-29-18-11-13-25(15-18)20(26)27/h6-7,12,18H,4-5,8-11,13-15H2,1-3H3,(H,26,27)/t18-,30?/m1/s1. The van der Waals surface area contributed by atoms with Gasteiger partial charge in [0, 0.05) is 19.3 Å². The number of ether oxygens (including phenoxy) is 1. The molecule has 7 nitrogen and oxygen atoms in total. The minimum absolute atomic E-state index is 0.0182. The van der Waals surface area contributed by atoms with Crippen molar-refractivity contribution in [1.29, 1.82) is 0 Å². The van der Waals surface area contributed by atoms with Crippen molar-refractivity contribution in [3.05, 3.63) is 29.0 Å². The molecule has 168 valence electrons. The molecule has 1 fully saturated rings. The SMILES string of the molecule is CC(C)(C)[S+]([O-])N=C(CCCCO[C@@H]1CCN(C(=O)O)C1)CCc1cccnc1Cl. The Hall–Kier alpha value is -1.35. The van der Waals surface area contributed by atoms with Crippen LogP contribution in [0.25, 0.3) is 0 Å². The van der Waals surface area contributed by atoms with Crippen molar-refractivity contribution in [2.24, 2.45) is 4.40 Å². The number of carbonyl (C=O) groups is 1. The van der Waals surface area contributed by atoms with Crippen molar-refractivity contribution in [2.75, 3.05) is 19.7 Å². The van der Waals surface area contributed by atoms with Gasteiger partial charge >= 0.3 is 6.09 Å². The van der Waals surface area contributed by atoms with Crippen LogP contribution in [0.1, 0.15) is 58.4 Å². The molecule has 1 amide bonds. The molecule has 0 aliphatic carbocycles. The highest BCUT2D eigenvalue weighted by Crippen LogP contribution is 2.21. The molecule has 1 aliphatic rings. The second-order valence-electron chi connectivity index (χ2n) is 8.44. The van der Waals surface area contributed by atoms with Crippen molar-refractivity contribution < 1.29 is 19.2 Å². The number of pyridine rings is 1. The van der Waals surface area contributed by atoms with Crippen molar-refractivity contribution in [3.63, 3.8) is 0 Å². The fraction of sp³-hybridized carbons (Fsp3) is 0.667. The molecule has 2 heterocycles. The van der Waals surface area contributed by atoms with E-state index in [1.54, 1.807) is 6.20 Å². The molecule has 1 unspecified atom stereocenters. The third-order valence-corrected chi connectivity index (χ3v) is 6.70. The van der Waals surface area contributed by atoms with Crippen LogP contribution in [0, 0.1) is 0 Å². The molecule has 9 heteroatoms. The maximum Gasteiger partial charge on any atom is 0.407 e. The maximum absolute atomic E-state index is 12.5. The number of hydrogen-bond donors (Lipinski definition) is 1. The molecule has 0 radical (unpaired) electrons. The first-order valence-corrected chi connectivity index (χ1v) is 11.8. The van der Waals surface area contributed by atoms with Gasteiger partial charge in [-0.15, -0.1) is 0 Å². The van der Waals surface area contributed by atoms with Gasteiger partial charge in [0.15, 0.2) is 0 Å². The third kappa shape index (κ3) is 8.41. The number of rotatable bonds is 10. The topological polar surface area (TPSA) is 98.1 Å². The number of carboxylic acid groups (broad SMARTS) is 1. The number of likely N-dealkylation sites (tertiary alicyclic amines) is 1. The number of aryl methyl sites for hydroxylation is 1. The van der Waals surface area contributed by atoms with Crippen LogP contribution in [0.2, 0.25) is 5.15 Å². The average molecular weight is 458 g/mol. The molecule has 1 aromatic heterocycles. The van der Waals surface area contributed by atoms with Crippen LogP contribution in [0.5, 0.6) is 0 Å². The summed E-state index contributed by atoms with van der Waals surface area (Å²) in [4.78, 5) is 16.5. The Morgan fingerprint density at radius 2 is 2.20 bits per heavy atom. The zero-order valence-corrected chi connectivity index (χ0v) is 19.5. The van der Waals surface area contributed by atoms with Gasteiger partial charge in [-0.05, 0) is 70.9 Å². The molecule has 0 aromatic carbocycles. The van der Waals surface area contributed by atoms with Crippen LogP contribution in [0.3, 0.4) is 0 Å². The summed E-state index contributed by atoms with van der Waals surface area (Å²) in [5.41, 5.74) is 1.88. The van der Waals surface area contributed by atoms with Gasteiger partial charge < -0.3 is 19.3 Å². The van der Waals surface area contributed by atoms with Gasteiger partial charge in [0.25, 0.3) is 0 Å². The van der Waals surface area contributed by atoms with Gasteiger partial charge in [0.1, 0.15) is 21.3 Å². The van der Waals surface area contributed by atoms with E-state index in [0.717, 1.165) is 37.0 Å². The lowest BCUT2D eigenvalue weighted by Crippen LogP contribution is -2.28. The largest absolute Gasteiger partial charge is 0.591 e. The van der Waals surface area contributed by atoms with E-state index in [-0.39, 0.29) is 6.10 Å². The fourth-order valence-corrected chi connectivity index (χ4v) is 3.98. The van der Waals surface area contributed by atoms with Crippen LogP contribution < -0.4 is 0 Å². The molecule has 30 heavy (non-hydrogen) atoms. The first-order chi connectivity index (χ1) is 14.2. The summed E-state index contributed by atoms with van der Waals surface area (Å²) in [6.07, 6.45) is 5.35. The molecular weight excluding hydrogens is 426 g/mol. The normalized spacial score (nSPS) is 18.6. The Bertz CT molecular complexity index is 726. The Morgan fingerprint density at radius 3 is 2.83 bits per heavy atom. The highest BCUT2D eigenvalue weighted by Gasteiger charge is 2.27. The quantitative estimate of drug-likeness (QED) is 0.241. The Balaban J connectivity index is 1.81. The van der Waals surface area contributed by atoms with E-state index < -0.39 is 22.2 Å². The van der Waals surface area contributed by atoms with Crippen LogP contribution in [-0.4, -0.2) is 61.9 Å². The molecule has 0 bridgehead atoms. The molecular formula is C21H32ClN3O4S. The highest BCUT2D eigenvalue weighted by atomic mass is 35.5. The van der Waals surface area contributed by atoms with E-state index in [2.05, 4.69) is 9.38 Å². The van der Waals surface area contributed by atoms with Crippen molar-refractivity contribution >= 4 is 34.8 Å². The summed E-state index contributed by atoms with van der Waals surface area (Å²) >= 11 is 4.85. The van der Waals surface area contributed by atoms with Crippen LogP contribution in [-0.2, 0) is 22.5 Å². The van der Waals surface area contributed by atoms with Gasteiger partial charge in [-0.2, -0.15) is 0 Å². The first kappa shape index (κ1) is 24.9. The Morgan fingerprint density at radius 1 is 1.43 bits per heavy atom. The van der Waals surface area contributed by atoms with Crippen LogP contribution >= 0.6 is 11.6 Å². The molecule has 2 rings (SSSR count). The number of amides is 1. The molecule has 1 saturated heterocycles. The summed E-state index contributed by atoms with van der Waals surface area (Å²) in [6, 6.07) is 3.81. The summed E-state index contributed by atoms with van der Waals surface area (Å²) in [5, 5.41) is 9.50. The maximum atomic E-state index is 12.5. The summed E-state index contributed by atoms with van der Waals surface area (Å²) < 4.78 is 22.4. The summed E-state index contributed by atoms with van der Waals surface area (Å²) in [5.74, 6) is 0. The second-order valence-corrected chi connectivity index (χ2v) is 10.7. The van der Waals surface area contributed by atoms with E-state index in [4.69, 9.17) is 21.4 Å². The van der Waals surface area contributed by atoms with Crippen molar-refractivity contribution in [1.82, 2.24) is 9.88 Å².